The summed E-state index contributed by atoms with van der Waals surface area (Å²) in [6, 6.07) is 5.25. The summed E-state index contributed by atoms with van der Waals surface area (Å²) in [7, 11) is -4.36. The number of carbonyl (C=O) groups excluding carboxylic acids is 1. The van der Waals surface area contributed by atoms with E-state index in [2.05, 4.69) is 5.32 Å². The molecule has 0 radical (unpaired) electrons. The highest BCUT2D eigenvalue weighted by molar-refractivity contribution is 7.85. The van der Waals surface area contributed by atoms with Gasteiger partial charge in [-0.05, 0) is 24.3 Å². The lowest BCUT2D eigenvalue weighted by molar-refractivity contribution is -0.385. The van der Waals surface area contributed by atoms with E-state index >= 15 is 0 Å². The van der Waals surface area contributed by atoms with Gasteiger partial charge in [0.2, 0.25) is 0 Å². The molecular weight excluding hydrogens is 457 g/mol. The minimum Gasteiger partial charge on any atom is -0.456 e. The molecule has 2 aromatic carbocycles. The summed E-state index contributed by atoms with van der Waals surface area (Å²) in [6.07, 6.45) is -4.62. The highest BCUT2D eigenvalue weighted by Gasteiger charge is 2.31. The Balaban J connectivity index is 2.29. The Morgan fingerprint density at radius 3 is 2.43 bits per heavy atom. The molecule has 0 heterocycles. The zero-order valence-corrected chi connectivity index (χ0v) is 16.2. The second-order valence-electron chi connectivity index (χ2n) is 5.72. The molecule has 0 atom stereocenters. The lowest BCUT2D eigenvalue weighted by Gasteiger charge is -2.12. The largest absolute Gasteiger partial charge is 0.456 e. The van der Waals surface area contributed by atoms with Crippen LogP contribution in [-0.4, -0.2) is 36.1 Å². The van der Waals surface area contributed by atoms with Crippen molar-refractivity contribution >= 4 is 33.3 Å². The SMILES string of the molecule is O=C(NCCS(=O)(=O)O)c1cc(Oc2ccc(C(F)(F)F)cc2Cl)ccc1[N+](=O)[O-]. The van der Waals surface area contributed by atoms with Gasteiger partial charge in [-0.2, -0.15) is 21.6 Å². The molecule has 0 bridgehead atoms. The molecule has 2 aromatic rings. The number of nitrogens with one attached hydrogen (secondary N) is 1. The molecule has 2 N–H and O–H groups in total. The van der Waals surface area contributed by atoms with Gasteiger partial charge in [-0.3, -0.25) is 19.5 Å². The summed E-state index contributed by atoms with van der Waals surface area (Å²) in [6.45, 7) is -0.523. The molecule has 0 aliphatic heterocycles. The van der Waals surface area contributed by atoms with Crippen molar-refractivity contribution < 1.29 is 40.6 Å². The molecular formula is C16H12ClF3N2O7S. The van der Waals surface area contributed by atoms with E-state index in [1.54, 1.807) is 0 Å². The lowest BCUT2D eigenvalue weighted by atomic mass is 10.1. The van der Waals surface area contributed by atoms with E-state index < -0.39 is 56.2 Å². The highest BCUT2D eigenvalue weighted by Crippen LogP contribution is 2.37. The van der Waals surface area contributed by atoms with Gasteiger partial charge >= 0.3 is 6.18 Å². The van der Waals surface area contributed by atoms with Crippen molar-refractivity contribution in [3.05, 3.63) is 62.7 Å². The summed E-state index contributed by atoms with van der Waals surface area (Å²) in [5, 5.41) is 12.8. The highest BCUT2D eigenvalue weighted by atomic mass is 35.5. The number of nitro benzene ring substituents is 1. The lowest BCUT2D eigenvalue weighted by Crippen LogP contribution is -2.29. The topological polar surface area (TPSA) is 136 Å². The first-order valence-electron chi connectivity index (χ1n) is 7.84. The van der Waals surface area contributed by atoms with E-state index in [1.165, 1.54) is 0 Å². The van der Waals surface area contributed by atoms with Crippen LogP contribution in [-0.2, 0) is 16.3 Å². The summed E-state index contributed by atoms with van der Waals surface area (Å²) in [5.41, 5.74) is -2.15. The number of ether oxygens (including phenoxy) is 1. The summed E-state index contributed by atoms with van der Waals surface area (Å²) in [4.78, 5) is 22.5. The van der Waals surface area contributed by atoms with Crippen LogP contribution in [0.3, 0.4) is 0 Å². The number of rotatable bonds is 7. The number of hydrogen-bond acceptors (Lipinski definition) is 6. The van der Waals surface area contributed by atoms with Crippen molar-refractivity contribution in [2.75, 3.05) is 12.3 Å². The molecule has 14 heteroatoms. The molecule has 30 heavy (non-hydrogen) atoms. The molecule has 1 amide bonds. The van der Waals surface area contributed by atoms with Crippen LogP contribution < -0.4 is 10.1 Å². The maximum atomic E-state index is 12.7. The smallest absolute Gasteiger partial charge is 0.416 e. The minimum absolute atomic E-state index is 0.151. The molecule has 9 nitrogen and oxygen atoms in total. The van der Waals surface area contributed by atoms with Crippen LogP contribution >= 0.6 is 11.6 Å². The van der Waals surface area contributed by atoms with Crippen LogP contribution in [0.1, 0.15) is 15.9 Å². The summed E-state index contributed by atoms with van der Waals surface area (Å²) in [5.74, 6) is -2.20. The third-order valence-electron chi connectivity index (χ3n) is 3.54. The van der Waals surface area contributed by atoms with Crippen molar-refractivity contribution in [2.45, 2.75) is 6.18 Å². The molecule has 0 spiro atoms. The Morgan fingerprint density at radius 2 is 1.90 bits per heavy atom. The summed E-state index contributed by atoms with van der Waals surface area (Å²) < 4.78 is 73.5. The van der Waals surface area contributed by atoms with Gasteiger partial charge in [0.05, 0.1) is 21.3 Å². The van der Waals surface area contributed by atoms with Gasteiger partial charge in [-0.15, -0.1) is 0 Å². The number of alkyl halides is 3. The van der Waals surface area contributed by atoms with Gasteiger partial charge in [-0.25, -0.2) is 0 Å². The van der Waals surface area contributed by atoms with Gasteiger partial charge in [-0.1, -0.05) is 11.6 Å². The van der Waals surface area contributed by atoms with Crippen molar-refractivity contribution in [3.8, 4) is 11.5 Å². The Bertz CT molecular complexity index is 1090. The van der Waals surface area contributed by atoms with Crippen molar-refractivity contribution in [1.29, 1.82) is 0 Å². The Morgan fingerprint density at radius 1 is 1.23 bits per heavy atom. The first-order valence-corrected chi connectivity index (χ1v) is 9.83. The predicted octanol–water partition coefficient (Wildman–Crippen LogP) is 3.68. The van der Waals surface area contributed by atoms with E-state index in [0.717, 1.165) is 30.3 Å². The Hall–Kier alpha value is -2.90. The van der Waals surface area contributed by atoms with Crippen LogP contribution in [0, 0.1) is 10.1 Å². The van der Waals surface area contributed by atoms with Gasteiger partial charge < -0.3 is 10.1 Å². The van der Waals surface area contributed by atoms with Crippen LogP contribution in [0.4, 0.5) is 18.9 Å². The second-order valence-corrected chi connectivity index (χ2v) is 7.70. The fourth-order valence-corrected chi connectivity index (χ4v) is 2.77. The van der Waals surface area contributed by atoms with Gasteiger partial charge in [0.1, 0.15) is 17.1 Å². The van der Waals surface area contributed by atoms with Gasteiger partial charge in [0, 0.05) is 18.7 Å². The average molecular weight is 469 g/mol. The monoisotopic (exact) mass is 468 g/mol. The zero-order valence-electron chi connectivity index (χ0n) is 14.6. The van der Waals surface area contributed by atoms with Gasteiger partial charge in [0.15, 0.2) is 0 Å². The standard InChI is InChI=1S/C16H12ClF3N2O7S/c17-12-7-9(16(18,19)20)1-4-14(12)29-10-2-3-13(22(24)25)11(8-10)15(23)21-5-6-30(26,27)28/h1-4,7-8H,5-6H2,(H,21,23)(H,26,27,28). The molecule has 2 rings (SSSR count). The quantitative estimate of drug-likeness (QED) is 0.359. The molecule has 0 saturated carbocycles. The second kappa shape index (κ2) is 8.85. The van der Waals surface area contributed by atoms with Crippen molar-refractivity contribution in [1.82, 2.24) is 5.32 Å². The number of halogens is 4. The number of hydrogen-bond donors (Lipinski definition) is 2. The molecule has 0 fully saturated rings. The molecule has 0 saturated heterocycles. The number of nitro groups is 1. The first kappa shape index (κ1) is 23.4. The Kier molecular flexibility index (Phi) is 6.90. The van der Waals surface area contributed by atoms with Crippen molar-refractivity contribution in [2.24, 2.45) is 0 Å². The van der Waals surface area contributed by atoms with E-state index in [1.807, 2.05) is 0 Å². The molecule has 0 unspecified atom stereocenters. The zero-order chi connectivity index (χ0) is 22.7. The maximum Gasteiger partial charge on any atom is 0.416 e. The number of carbonyl (C=O) groups is 1. The fourth-order valence-electron chi connectivity index (χ4n) is 2.20. The third-order valence-corrected chi connectivity index (χ3v) is 4.56. The number of benzene rings is 2. The molecule has 0 aliphatic rings. The number of nitrogens with zero attached hydrogens (tertiary/aromatic N) is 1. The van der Waals surface area contributed by atoms with E-state index in [0.29, 0.717) is 6.07 Å². The predicted molar refractivity (Wildman–Crippen MR) is 98.4 cm³/mol. The van der Waals surface area contributed by atoms with E-state index in [-0.39, 0.29) is 16.5 Å². The van der Waals surface area contributed by atoms with Gasteiger partial charge in [0.25, 0.3) is 21.7 Å². The molecule has 162 valence electrons. The third kappa shape index (κ3) is 6.30. The molecule has 0 aliphatic carbocycles. The van der Waals surface area contributed by atoms with Crippen molar-refractivity contribution in [3.63, 3.8) is 0 Å². The maximum absolute atomic E-state index is 12.7. The first-order chi connectivity index (χ1) is 13.8. The Labute approximate surface area is 172 Å². The van der Waals surface area contributed by atoms with Crippen LogP contribution in [0.15, 0.2) is 36.4 Å². The summed E-state index contributed by atoms with van der Waals surface area (Å²) >= 11 is 5.79. The van der Waals surface area contributed by atoms with Crippen LogP contribution in [0.5, 0.6) is 11.5 Å². The minimum atomic E-state index is -4.62. The number of amides is 1. The fraction of sp³-hybridized carbons (Fsp3) is 0.188. The van der Waals surface area contributed by atoms with E-state index in [4.69, 9.17) is 20.9 Å². The average Bonchev–Trinajstić information content (AvgIpc) is 2.61. The van der Waals surface area contributed by atoms with Crippen LogP contribution in [0.25, 0.3) is 0 Å². The van der Waals surface area contributed by atoms with E-state index in [9.17, 15) is 36.5 Å². The normalized spacial score (nSPS) is 11.8. The molecule has 0 aromatic heterocycles. The van der Waals surface area contributed by atoms with Crippen LogP contribution in [0.2, 0.25) is 5.02 Å².